The molecule has 3 N–H and O–H groups in total. The zero-order valence-electron chi connectivity index (χ0n) is 6.00. The van der Waals surface area contributed by atoms with Crippen LogP contribution in [-0.4, -0.2) is 20.7 Å². The number of aromatic amines is 1. The van der Waals surface area contributed by atoms with Crippen LogP contribution in [0.15, 0.2) is 5.16 Å². The predicted octanol–water partition coefficient (Wildman–Crippen LogP) is 1.23. The van der Waals surface area contributed by atoms with Gasteiger partial charge in [0.1, 0.15) is 0 Å². The zero-order chi connectivity index (χ0) is 8.27. The molecule has 4 nitrogen and oxygen atoms in total. The summed E-state index contributed by atoms with van der Waals surface area (Å²) in [5, 5.41) is 0.633. The largest absolute Gasteiger partial charge is 0.369 e. The normalized spacial score (nSPS) is 9.91. The van der Waals surface area contributed by atoms with Gasteiger partial charge in [0.15, 0.2) is 5.16 Å². The third kappa shape index (κ3) is 2.47. The van der Waals surface area contributed by atoms with Gasteiger partial charge in [-0.3, -0.25) is 0 Å². The fourth-order valence-corrected chi connectivity index (χ4v) is 1.40. The fraction of sp³-hybridized carbons (Fsp3) is 0.400. The molecule has 60 valence electrons. The summed E-state index contributed by atoms with van der Waals surface area (Å²) < 4.78 is 0.383. The second-order valence-electron chi connectivity index (χ2n) is 1.75. The summed E-state index contributed by atoms with van der Waals surface area (Å²) in [7, 11) is 0. The Morgan fingerprint density at radius 2 is 2.36 bits per heavy atom. The second kappa shape index (κ2) is 3.68. The van der Waals surface area contributed by atoms with Gasteiger partial charge in [-0.1, -0.05) is 18.7 Å². The van der Waals surface area contributed by atoms with Crippen LogP contribution in [-0.2, 0) is 0 Å². The monoisotopic (exact) mass is 188 g/mol. The van der Waals surface area contributed by atoms with Crippen molar-refractivity contribution in [2.24, 2.45) is 0 Å². The summed E-state index contributed by atoms with van der Waals surface area (Å²) >= 11 is 6.32. The first-order valence-corrected chi connectivity index (χ1v) is 4.48. The van der Waals surface area contributed by atoms with Gasteiger partial charge in [-0.15, -0.1) is 0 Å². The Bertz CT molecular complexity index is 295. The Hall–Kier alpha value is -0.620. The van der Waals surface area contributed by atoms with Gasteiger partial charge in [-0.05, 0) is 18.0 Å². The van der Waals surface area contributed by atoms with Crippen LogP contribution in [0.2, 0.25) is 0 Å². The maximum atomic E-state index is 5.40. The number of nitrogens with zero attached hydrogens (tertiary/aromatic N) is 2. The third-order valence-corrected chi connectivity index (χ3v) is 1.84. The highest BCUT2D eigenvalue weighted by Gasteiger charge is 1.96. The summed E-state index contributed by atoms with van der Waals surface area (Å²) in [6, 6.07) is 0. The molecule has 1 aromatic rings. The van der Waals surface area contributed by atoms with E-state index in [4.69, 9.17) is 18.0 Å². The summed E-state index contributed by atoms with van der Waals surface area (Å²) in [6.45, 7) is 2.02. The van der Waals surface area contributed by atoms with Gasteiger partial charge in [-0.25, -0.2) is 0 Å². The highest BCUT2D eigenvalue weighted by molar-refractivity contribution is 7.99. The summed E-state index contributed by atoms with van der Waals surface area (Å²) in [5.74, 6) is 1.24. The van der Waals surface area contributed by atoms with Gasteiger partial charge in [0.05, 0.1) is 0 Å². The average Bonchev–Trinajstić information content (AvgIpc) is 1.85. The third-order valence-electron chi connectivity index (χ3n) is 0.922. The number of nitrogens with one attached hydrogen (secondary N) is 1. The van der Waals surface area contributed by atoms with E-state index in [9.17, 15) is 0 Å². The highest BCUT2D eigenvalue weighted by atomic mass is 32.2. The minimum Gasteiger partial charge on any atom is -0.369 e. The SMILES string of the molecule is CCSc1nc(N)[nH]c(=S)n1. The van der Waals surface area contributed by atoms with Gasteiger partial charge >= 0.3 is 0 Å². The topological polar surface area (TPSA) is 67.6 Å². The number of anilines is 1. The van der Waals surface area contributed by atoms with Crippen LogP contribution in [0.3, 0.4) is 0 Å². The molecule has 0 unspecified atom stereocenters. The van der Waals surface area contributed by atoms with E-state index in [1.54, 1.807) is 0 Å². The van der Waals surface area contributed by atoms with Crippen LogP contribution in [0.4, 0.5) is 5.95 Å². The molecule has 0 aliphatic heterocycles. The van der Waals surface area contributed by atoms with Crippen LogP contribution >= 0.6 is 24.0 Å². The van der Waals surface area contributed by atoms with Crippen LogP contribution in [0, 0.1) is 4.77 Å². The van der Waals surface area contributed by atoms with Crippen LogP contribution in [0.1, 0.15) is 6.92 Å². The maximum Gasteiger partial charge on any atom is 0.202 e. The number of nitrogen functional groups attached to an aromatic ring is 1. The molecule has 0 atom stereocenters. The Kier molecular flexibility index (Phi) is 2.84. The molecule has 0 amide bonds. The molecule has 0 aromatic carbocycles. The van der Waals surface area contributed by atoms with Crippen molar-refractivity contribution >= 4 is 29.9 Å². The van der Waals surface area contributed by atoms with E-state index in [1.807, 2.05) is 6.92 Å². The summed E-state index contributed by atoms with van der Waals surface area (Å²) in [4.78, 5) is 10.5. The molecule has 1 heterocycles. The lowest BCUT2D eigenvalue weighted by Gasteiger charge is -1.96. The molecule has 11 heavy (non-hydrogen) atoms. The lowest BCUT2D eigenvalue weighted by molar-refractivity contribution is 0.901. The van der Waals surface area contributed by atoms with E-state index in [0.717, 1.165) is 5.75 Å². The van der Waals surface area contributed by atoms with E-state index in [0.29, 0.717) is 15.9 Å². The van der Waals surface area contributed by atoms with Gasteiger partial charge in [-0.2, -0.15) is 9.97 Å². The number of hydrogen-bond donors (Lipinski definition) is 2. The molecule has 0 saturated heterocycles. The number of rotatable bonds is 2. The second-order valence-corrected chi connectivity index (χ2v) is 3.37. The first-order chi connectivity index (χ1) is 5.22. The van der Waals surface area contributed by atoms with Crippen molar-refractivity contribution in [3.63, 3.8) is 0 Å². The highest BCUT2D eigenvalue weighted by Crippen LogP contribution is 2.10. The van der Waals surface area contributed by atoms with Gasteiger partial charge in [0, 0.05) is 0 Å². The molecule has 0 spiro atoms. The van der Waals surface area contributed by atoms with Gasteiger partial charge in [0.25, 0.3) is 0 Å². The molecule has 0 saturated carbocycles. The quantitative estimate of drug-likeness (QED) is 0.539. The molecular formula is C5H8N4S2. The van der Waals surface area contributed by atoms with E-state index >= 15 is 0 Å². The molecule has 0 radical (unpaired) electrons. The zero-order valence-corrected chi connectivity index (χ0v) is 7.63. The van der Waals surface area contributed by atoms with Crippen molar-refractivity contribution < 1.29 is 0 Å². The van der Waals surface area contributed by atoms with Crippen molar-refractivity contribution in [1.82, 2.24) is 15.0 Å². The summed E-state index contributed by atoms with van der Waals surface area (Å²) in [5.41, 5.74) is 5.40. The van der Waals surface area contributed by atoms with Crippen molar-refractivity contribution in [3.05, 3.63) is 4.77 Å². The molecule has 1 rings (SSSR count). The Morgan fingerprint density at radius 3 is 2.91 bits per heavy atom. The first kappa shape index (κ1) is 8.48. The standard InChI is InChI=1S/C5H8N4S2/c1-2-11-5-8-3(6)7-4(10)9-5/h2H2,1H3,(H3,6,7,8,9,10). The number of nitrogens with two attached hydrogens (primary N) is 1. The van der Waals surface area contributed by atoms with E-state index < -0.39 is 0 Å². The fourth-order valence-electron chi connectivity index (χ4n) is 0.574. The van der Waals surface area contributed by atoms with Gasteiger partial charge in [0.2, 0.25) is 10.7 Å². The predicted molar refractivity (Wildman–Crippen MR) is 48.0 cm³/mol. The average molecular weight is 188 g/mol. The number of thioether (sulfide) groups is 1. The Morgan fingerprint density at radius 1 is 1.64 bits per heavy atom. The molecule has 6 heteroatoms. The van der Waals surface area contributed by atoms with Crippen LogP contribution in [0.5, 0.6) is 0 Å². The molecule has 0 fully saturated rings. The molecular weight excluding hydrogens is 180 g/mol. The lowest BCUT2D eigenvalue weighted by atomic mass is 11.0. The molecule has 0 aliphatic carbocycles. The molecule has 0 bridgehead atoms. The van der Waals surface area contributed by atoms with Crippen LogP contribution in [0.25, 0.3) is 0 Å². The van der Waals surface area contributed by atoms with E-state index in [1.165, 1.54) is 11.8 Å². The minimum atomic E-state index is 0.320. The van der Waals surface area contributed by atoms with Crippen molar-refractivity contribution in [1.29, 1.82) is 0 Å². The van der Waals surface area contributed by atoms with E-state index in [2.05, 4.69) is 15.0 Å². The van der Waals surface area contributed by atoms with Crippen molar-refractivity contribution in [2.45, 2.75) is 12.1 Å². The Labute approximate surface area is 73.6 Å². The minimum absolute atomic E-state index is 0.320. The maximum absolute atomic E-state index is 5.40. The van der Waals surface area contributed by atoms with Crippen molar-refractivity contribution in [2.75, 3.05) is 11.5 Å². The van der Waals surface area contributed by atoms with Crippen LogP contribution < -0.4 is 5.73 Å². The number of aromatic nitrogens is 3. The van der Waals surface area contributed by atoms with Gasteiger partial charge < -0.3 is 10.7 Å². The lowest BCUT2D eigenvalue weighted by Crippen LogP contribution is -1.98. The van der Waals surface area contributed by atoms with E-state index in [-0.39, 0.29) is 0 Å². The summed E-state index contributed by atoms with van der Waals surface area (Å²) in [6.07, 6.45) is 0. The number of H-pyrrole nitrogens is 1. The molecule has 1 aromatic heterocycles. The molecule has 0 aliphatic rings. The Balaban J connectivity index is 2.99. The smallest absolute Gasteiger partial charge is 0.202 e. The van der Waals surface area contributed by atoms with Crippen molar-refractivity contribution in [3.8, 4) is 0 Å². The first-order valence-electron chi connectivity index (χ1n) is 3.09. The number of hydrogen-bond acceptors (Lipinski definition) is 5.